The quantitative estimate of drug-likeness (QED) is 0.438. The smallest absolute Gasteiger partial charge is 0.257 e. The Morgan fingerprint density at radius 1 is 0.882 bits per heavy atom. The molecule has 0 aliphatic carbocycles. The first-order valence-corrected chi connectivity index (χ1v) is 11.6. The number of aromatic nitrogens is 3. The van der Waals surface area contributed by atoms with E-state index in [0.717, 1.165) is 30.9 Å². The molecule has 0 saturated carbocycles. The average Bonchev–Trinajstić information content (AvgIpc) is 3.36. The third-order valence-corrected chi connectivity index (χ3v) is 6.03. The first kappa shape index (κ1) is 21.8. The van der Waals surface area contributed by atoms with Crippen LogP contribution in [0, 0.1) is 0 Å². The summed E-state index contributed by atoms with van der Waals surface area (Å²) in [7, 11) is 0. The molecule has 0 bridgehead atoms. The lowest BCUT2D eigenvalue weighted by molar-refractivity contribution is 0.0651. The van der Waals surface area contributed by atoms with Crippen molar-refractivity contribution in [3.8, 4) is 16.9 Å². The predicted molar refractivity (Wildman–Crippen MR) is 135 cm³/mol. The van der Waals surface area contributed by atoms with E-state index in [4.69, 9.17) is 5.10 Å². The summed E-state index contributed by atoms with van der Waals surface area (Å²) in [5.74, 6) is 0.0144. The van der Waals surface area contributed by atoms with Crippen molar-refractivity contribution < 1.29 is 4.79 Å². The van der Waals surface area contributed by atoms with Crippen LogP contribution in [0.4, 0.5) is 0 Å². The number of hydrogen-bond donors (Lipinski definition) is 0. The topological polar surface area (TPSA) is 54.3 Å². The standard InChI is InChI=1S/C28H27N5O/c34-28(32-19-17-31(18-20-32)16-8-11-23-9-3-1-4-10-23)26-22-33(25-13-5-2-6-14-25)30-27(26)24-12-7-15-29-21-24/h1-15,21-22H,16-20H2/b11-8+. The average molecular weight is 450 g/mol. The van der Waals surface area contributed by atoms with Crippen molar-refractivity contribution >= 4 is 12.0 Å². The maximum Gasteiger partial charge on any atom is 0.257 e. The number of rotatable bonds is 6. The van der Waals surface area contributed by atoms with Gasteiger partial charge in [0.1, 0.15) is 5.69 Å². The molecule has 1 fully saturated rings. The van der Waals surface area contributed by atoms with Gasteiger partial charge in [-0.25, -0.2) is 4.68 Å². The molecule has 3 heterocycles. The molecule has 5 rings (SSSR count). The van der Waals surface area contributed by atoms with Gasteiger partial charge in [-0.05, 0) is 29.8 Å². The van der Waals surface area contributed by atoms with Crippen LogP contribution in [0.15, 0.2) is 97.5 Å². The summed E-state index contributed by atoms with van der Waals surface area (Å²) in [5.41, 5.74) is 4.23. The van der Waals surface area contributed by atoms with Gasteiger partial charge in [-0.15, -0.1) is 0 Å². The van der Waals surface area contributed by atoms with Crippen molar-refractivity contribution in [2.75, 3.05) is 32.7 Å². The van der Waals surface area contributed by atoms with Gasteiger partial charge >= 0.3 is 0 Å². The third-order valence-electron chi connectivity index (χ3n) is 6.03. The van der Waals surface area contributed by atoms with E-state index in [9.17, 15) is 4.79 Å². The van der Waals surface area contributed by atoms with Crippen LogP contribution in [-0.2, 0) is 0 Å². The van der Waals surface area contributed by atoms with Crippen LogP contribution in [0.25, 0.3) is 23.0 Å². The van der Waals surface area contributed by atoms with Gasteiger partial charge in [0.2, 0.25) is 0 Å². The van der Waals surface area contributed by atoms with Crippen LogP contribution in [0.1, 0.15) is 15.9 Å². The van der Waals surface area contributed by atoms with Crippen LogP contribution in [-0.4, -0.2) is 63.2 Å². The molecule has 2 aromatic carbocycles. The lowest BCUT2D eigenvalue weighted by Crippen LogP contribution is -2.48. The Balaban J connectivity index is 1.30. The van der Waals surface area contributed by atoms with Crippen LogP contribution in [0.5, 0.6) is 0 Å². The molecule has 0 N–H and O–H groups in total. The highest BCUT2D eigenvalue weighted by Crippen LogP contribution is 2.25. The van der Waals surface area contributed by atoms with Crippen molar-refractivity contribution in [3.63, 3.8) is 0 Å². The zero-order chi connectivity index (χ0) is 23.2. The first-order chi connectivity index (χ1) is 16.8. The Hall–Kier alpha value is -4.03. The van der Waals surface area contributed by atoms with Crippen molar-refractivity contribution in [3.05, 3.63) is 109 Å². The van der Waals surface area contributed by atoms with Crippen molar-refractivity contribution in [1.82, 2.24) is 24.6 Å². The normalized spacial score (nSPS) is 14.5. The maximum atomic E-state index is 13.6. The maximum absolute atomic E-state index is 13.6. The number of carbonyl (C=O) groups is 1. The Labute approximate surface area is 199 Å². The SMILES string of the molecule is O=C(c1cn(-c2ccccc2)nc1-c1cccnc1)N1CCN(C/C=C/c2ccccc2)CC1. The van der Waals surface area contributed by atoms with E-state index >= 15 is 0 Å². The minimum absolute atomic E-state index is 0.0144. The fraction of sp³-hybridized carbons (Fsp3) is 0.179. The molecule has 0 atom stereocenters. The monoisotopic (exact) mass is 449 g/mol. The Kier molecular flexibility index (Phi) is 6.59. The largest absolute Gasteiger partial charge is 0.336 e. The fourth-order valence-electron chi connectivity index (χ4n) is 4.17. The Bertz CT molecular complexity index is 1240. The number of piperazine rings is 1. The van der Waals surface area contributed by atoms with Crippen LogP contribution in [0.3, 0.4) is 0 Å². The molecule has 1 amide bonds. The molecule has 4 aromatic rings. The summed E-state index contributed by atoms with van der Waals surface area (Å²) in [6.07, 6.45) is 9.66. The van der Waals surface area contributed by atoms with Gasteiger partial charge in [0, 0.05) is 56.9 Å². The molecule has 0 radical (unpaired) electrons. The third kappa shape index (κ3) is 4.97. The summed E-state index contributed by atoms with van der Waals surface area (Å²) >= 11 is 0. The highest BCUT2D eigenvalue weighted by atomic mass is 16.2. The number of para-hydroxylation sites is 1. The van der Waals surface area contributed by atoms with Gasteiger partial charge in [0.05, 0.1) is 11.3 Å². The van der Waals surface area contributed by atoms with Gasteiger partial charge in [-0.2, -0.15) is 5.10 Å². The summed E-state index contributed by atoms with van der Waals surface area (Å²) in [4.78, 5) is 22.1. The van der Waals surface area contributed by atoms with Gasteiger partial charge in [-0.3, -0.25) is 14.7 Å². The van der Waals surface area contributed by atoms with E-state index in [1.807, 2.05) is 71.8 Å². The van der Waals surface area contributed by atoms with Gasteiger partial charge in [-0.1, -0.05) is 60.7 Å². The van der Waals surface area contributed by atoms with E-state index in [1.165, 1.54) is 5.56 Å². The highest BCUT2D eigenvalue weighted by molar-refractivity contribution is 6.00. The Morgan fingerprint density at radius 2 is 1.62 bits per heavy atom. The second-order valence-corrected chi connectivity index (χ2v) is 8.32. The molecular formula is C28H27N5O. The van der Waals surface area contributed by atoms with Crippen molar-refractivity contribution in [2.24, 2.45) is 0 Å². The molecular weight excluding hydrogens is 422 g/mol. The molecule has 1 aliphatic heterocycles. The molecule has 1 saturated heterocycles. The number of hydrogen-bond acceptors (Lipinski definition) is 4. The molecule has 170 valence electrons. The van der Waals surface area contributed by atoms with Crippen LogP contribution in [0.2, 0.25) is 0 Å². The van der Waals surface area contributed by atoms with Crippen LogP contribution >= 0.6 is 0 Å². The lowest BCUT2D eigenvalue weighted by atomic mass is 10.1. The Morgan fingerprint density at radius 3 is 2.32 bits per heavy atom. The van der Waals surface area contributed by atoms with Crippen molar-refractivity contribution in [2.45, 2.75) is 0 Å². The van der Waals surface area contributed by atoms with Gasteiger partial charge in [0.15, 0.2) is 0 Å². The number of amides is 1. The minimum atomic E-state index is 0.0144. The van der Waals surface area contributed by atoms with Gasteiger partial charge in [0.25, 0.3) is 5.91 Å². The second-order valence-electron chi connectivity index (χ2n) is 8.32. The van der Waals surface area contributed by atoms with Gasteiger partial charge < -0.3 is 4.90 Å². The molecule has 1 aliphatic rings. The number of carbonyl (C=O) groups excluding carboxylic acids is 1. The summed E-state index contributed by atoms with van der Waals surface area (Å²) in [6, 6.07) is 24.0. The molecule has 6 nitrogen and oxygen atoms in total. The number of nitrogens with zero attached hydrogens (tertiary/aromatic N) is 5. The zero-order valence-corrected chi connectivity index (χ0v) is 19.0. The zero-order valence-electron chi connectivity index (χ0n) is 19.0. The first-order valence-electron chi connectivity index (χ1n) is 11.6. The molecule has 34 heavy (non-hydrogen) atoms. The fourth-order valence-corrected chi connectivity index (χ4v) is 4.17. The number of pyridine rings is 1. The minimum Gasteiger partial charge on any atom is -0.336 e. The van der Waals surface area contributed by atoms with E-state index in [-0.39, 0.29) is 5.91 Å². The van der Waals surface area contributed by atoms with E-state index in [0.29, 0.717) is 24.3 Å². The predicted octanol–water partition coefficient (Wildman–Crippen LogP) is 4.41. The molecule has 0 unspecified atom stereocenters. The van der Waals surface area contributed by atoms with E-state index in [1.54, 1.807) is 17.1 Å². The van der Waals surface area contributed by atoms with Crippen LogP contribution < -0.4 is 0 Å². The molecule has 0 spiro atoms. The summed E-state index contributed by atoms with van der Waals surface area (Å²) in [6.45, 7) is 3.96. The highest BCUT2D eigenvalue weighted by Gasteiger charge is 2.26. The molecule has 6 heteroatoms. The van der Waals surface area contributed by atoms with E-state index < -0.39 is 0 Å². The van der Waals surface area contributed by atoms with Crippen molar-refractivity contribution in [1.29, 1.82) is 0 Å². The summed E-state index contributed by atoms with van der Waals surface area (Å²) in [5, 5.41) is 4.76. The lowest BCUT2D eigenvalue weighted by Gasteiger charge is -2.34. The molecule has 2 aromatic heterocycles. The number of benzene rings is 2. The second kappa shape index (κ2) is 10.3. The van der Waals surface area contributed by atoms with E-state index in [2.05, 4.69) is 34.2 Å². The summed E-state index contributed by atoms with van der Waals surface area (Å²) < 4.78 is 1.78.